The summed E-state index contributed by atoms with van der Waals surface area (Å²) in [5.74, 6) is -5.24. The molecule has 290 valence electrons. The van der Waals surface area contributed by atoms with E-state index >= 15 is 0 Å². The minimum atomic E-state index is -2.40. The van der Waals surface area contributed by atoms with Gasteiger partial charge in [0.2, 0.25) is 12.1 Å². The zero-order valence-electron chi connectivity index (χ0n) is 30.1. The number of ether oxygens (including phenoxy) is 7. The third-order valence-corrected chi connectivity index (χ3v) is 8.77. The van der Waals surface area contributed by atoms with Crippen molar-refractivity contribution in [3.63, 3.8) is 0 Å². The largest absolute Gasteiger partial charge is 0.457 e. The lowest BCUT2D eigenvalue weighted by molar-refractivity contribution is -0.384. The fourth-order valence-electron chi connectivity index (χ4n) is 6.02. The molecule has 0 saturated carbocycles. The zero-order valence-corrected chi connectivity index (χ0v) is 30.1. The number of aliphatic hydroxyl groups is 4. The molecule has 2 saturated heterocycles. The van der Waals surface area contributed by atoms with E-state index in [0.717, 1.165) is 64.7 Å². The van der Waals surface area contributed by atoms with Gasteiger partial charge < -0.3 is 53.6 Å². The molecule has 0 amide bonds. The topological polar surface area (TPSA) is 214 Å². The van der Waals surface area contributed by atoms with E-state index in [9.17, 15) is 39.6 Å². The number of carbonyl (C=O) groups is 4. The lowest BCUT2D eigenvalue weighted by atomic mass is 9.97. The monoisotopic (exact) mass is 720 g/mol. The Balaban J connectivity index is 2.52. The molecule has 0 aromatic heterocycles. The molecule has 2 heterocycles. The van der Waals surface area contributed by atoms with Crippen molar-refractivity contribution in [1.29, 1.82) is 0 Å². The van der Waals surface area contributed by atoms with Gasteiger partial charge in [-0.2, -0.15) is 0 Å². The number of hydrogen-bond acceptors (Lipinski definition) is 15. The van der Waals surface area contributed by atoms with Gasteiger partial charge in [0.15, 0.2) is 24.4 Å². The predicted octanol–water partition coefficient (Wildman–Crippen LogP) is 2.74. The first kappa shape index (κ1) is 43.8. The van der Waals surface area contributed by atoms with Gasteiger partial charge in [0.05, 0.1) is 13.2 Å². The minimum Gasteiger partial charge on any atom is -0.457 e. The summed E-state index contributed by atoms with van der Waals surface area (Å²) in [6.07, 6.45) is -3.08. The van der Waals surface area contributed by atoms with E-state index in [2.05, 4.69) is 0 Å². The van der Waals surface area contributed by atoms with Crippen LogP contribution in [0.5, 0.6) is 0 Å². The van der Waals surface area contributed by atoms with Crippen LogP contribution in [-0.4, -0.2) is 119 Å². The molecule has 15 heteroatoms. The van der Waals surface area contributed by atoms with Crippen LogP contribution in [0.1, 0.15) is 124 Å². The predicted molar refractivity (Wildman–Crippen MR) is 176 cm³/mol. The molecular weight excluding hydrogens is 660 g/mol. The lowest BCUT2D eigenvalue weighted by Gasteiger charge is -2.46. The fourth-order valence-corrected chi connectivity index (χ4v) is 6.02. The van der Waals surface area contributed by atoms with Crippen LogP contribution < -0.4 is 0 Å². The zero-order chi connectivity index (χ0) is 37.1. The summed E-state index contributed by atoms with van der Waals surface area (Å²) in [7, 11) is 0. The lowest BCUT2D eigenvalue weighted by Crippen LogP contribution is -2.65. The molecule has 2 aliphatic rings. The van der Waals surface area contributed by atoms with E-state index in [1.807, 2.05) is 20.8 Å². The van der Waals surface area contributed by atoms with Crippen LogP contribution >= 0.6 is 0 Å². The SMILES string of the molecule is CCCCCCC(=O)OC1C(CO)OC(OC2(CO)OC(CO)C(OC(C)=O)C2O)C(OC(=O)CCCCCC)C1OC(=O)CCCCCC. The van der Waals surface area contributed by atoms with Crippen LogP contribution in [-0.2, 0) is 52.3 Å². The Hall–Kier alpha value is -2.40. The molecule has 15 nitrogen and oxygen atoms in total. The summed E-state index contributed by atoms with van der Waals surface area (Å²) < 4.78 is 40.4. The van der Waals surface area contributed by atoms with Gasteiger partial charge in [0.25, 0.3) is 0 Å². The van der Waals surface area contributed by atoms with Crippen molar-refractivity contribution in [3.8, 4) is 0 Å². The molecule has 9 atom stereocenters. The summed E-state index contributed by atoms with van der Waals surface area (Å²) in [5.41, 5.74) is 0. The highest BCUT2D eigenvalue weighted by Gasteiger charge is 2.61. The maximum absolute atomic E-state index is 13.2. The Bertz CT molecular complexity index is 1020. The first-order valence-corrected chi connectivity index (χ1v) is 18.3. The average Bonchev–Trinajstić information content (AvgIpc) is 3.35. The molecule has 0 radical (unpaired) electrons. The molecule has 50 heavy (non-hydrogen) atoms. The summed E-state index contributed by atoms with van der Waals surface area (Å²) in [6, 6.07) is 0. The Labute approximate surface area is 295 Å². The summed E-state index contributed by atoms with van der Waals surface area (Å²) in [5, 5.41) is 42.1. The number of carbonyl (C=O) groups excluding carboxylic acids is 4. The highest BCUT2D eigenvalue weighted by atomic mass is 16.8. The van der Waals surface area contributed by atoms with Crippen LogP contribution in [0.25, 0.3) is 0 Å². The van der Waals surface area contributed by atoms with Crippen LogP contribution in [0.15, 0.2) is 0 Å². The fraction of sp³-hybridized carbons (Fsp3) is 0.886. The second-order valence-corrected chi connectivity index (χ2v) is 13.0. The van der Waals surface area contributed by atoms with E-state index < -0.39 is 98.5 Å². The van der Waals surface area contributed by atoms with Crippen molar-refractivity contribution in [2.45, 2.75) is 179 Å². The molecule has 0 bridgehead atoms. The molecule has 0 spiro atoms. The van der Waals surface area contributed by atoms with Gasteiger partial charge in [0.1, 0.15) is 24.9 Å². The maximum atomic E-state index is 13.2. The van der Waals surface area contributed by atoms with Gasteiger partial charge in [0, 0.05) is 26.2 Å². The standard InChI is InChI=1S/C35H60O15/c1-5-8-11-14-17-26(40)46-29-24(20-36)45-34(50-35(22-38)33(43)30(44-23(4)39)25(21-37)49-35)32(48-28(42)19-16-13-10-7-3)31(29)47-27(41)18-15-12-9-6-2/h24-25,29-34,36-38,43H,5-22H2,1-4H3. The smallest absolute Gasteiger partial charge is 0.306 e. The first-order chi connectivity index (χ1) is 24.0. The molecule has 2 aliphatic heterocycles. The number of esters is 4. The summed E-state index contributed by atoms with van der Waals surface area (Å²) in [4.78, 5) is 51.3. The van der Waals surface area contributed by atoms with E-state index in [4.69, 9.17) is 33.2 Å². The Morgan fingerprint density at radius 1 is 0.600 bits per heavy atom. The van der Waals surface area contributed by atoms with Crippen molar-refractivity contribution >= 4 is 23.9 Å². The van der Waals surface area contributed by atoms with Gasteiger partial charge in [-0.25, -0.2) is 0 Å². The van der Waals surface area contributed by atoms with Crippen LogP contribution in [0.2, 0.25) is 0 Å². The second kappa shape index (κ2) is 23.2. The van der Waals surface area contributed by atoms with Gasteiger partial charge in [-0.05, 0) is 19.3 Å². The number of rotatable bonds is 24. The molecule has 2 rings (SSSR count). The van der Waals surface area contributed by atoms with E-state index in [-0.39, 0.29) is 19.3 Å². The normalized spacial score (nSPS) is 29.4. The van der Waals surface area contributed by atoms with Gasteiger partial charge in [-0.15, -0.1) is 0 Å². The van der Waals surface area contributed by atoms with Crippen molar-refractivity contribution in [2.75, 3.05) is 19.8 Å². The molecule has 2 fully saturated rings. The van der Waals surface area contributed by atoms with Gasteiger partial charge >= 0.3 is 23.9 Å². The van der Waals surface area contributed by atoms with Crippen molar-refractivity contribution in [2.24, 2.45) is 0 Å². The highest BCUT2D eigenvalue weighted by Crippen LogP contribution is 2.39. The molecule has 0 aliphatic carbocycles. The molecule has 9 unspecified atom stereocenters. The summed E-state index contributed by atoms with van der Waals surface area (Å²) in [6.45, 7) is 4.61. The maximum Gasteiger partial charge on any atom is 0.306 e. The number of aliphatic hydroxyl groups excluding tert-OH is 4. The van der Waals surface area contributed by atoms with Crippen LogP contribution in [0, 0.1) is 0 Å². The number of unbranched alkanes of at least 4 members (excludes halogenated alkanes) is 9. The van der Waals surface area contributed by atoms with Crippen molar-refractivity contribution in [1.82, 2.24) is 0 Å². The molecule has 4 N–H and O–H groups in total. The van der Waals surface area contributed by atoms with E-state index in [1.54, 1.807) is 0 Å². The minimum absolute atomic E-state index is 0.00664. The third kappa shape index (κ3) is 13.3. The molecular formula is C35H60O15. The van der Waals surface area contributed by atoms with Crippen molar-refractivity contribution in [3.05, 3.63) is 0 Å². The highest BCUT2D eigenvalue weighted by molar-refractivity contribution is 5.71. The van der Waals surface area contributed by atoms with E-state index in [0.29, 0.717) is 19.3 Å². The molecule has 0 aromatic carbocycles. The number of hydrogen-bond donors (Lipinski definition) is 4. The first-order valence-electron chi connectivity index (χ1n) is 18.3. The summed E-state index contributed by atoms with van der Waals surface area (Å²) >= 11 is 0. The van der Waals surface area contributed by atoms with Gasteiger partial charge in [-0.1, -0.05) is 78.6 Å². The molecule has 0 aromatic rings. The quantitative estimate of drug-likeness (QED) is 0.0641. The van der Waals surface area contributed by atoms with Crippen LogP contribution in [0.4, 0.5) is 0 Å². The Morgan fingerprint density at radius 2 is 1.06 bits per heavy atom. The Kier molecular flexibility index (Phi) is 20.3. The van der Waals surface area contributed by atoms with Crippen molar-refractivity contribution < 1.29 is 72.8 Å². The Morgan fingerprint density at radius 3 is 1.48 bits per heavy atom. The third-order valence-electron chi connectivity index (χ3n) is 8.77. The second-order valence-electron chi connectivity index (χ2n) is 13.0. The van der Waals surface area contributed by atoms with E-state index in [1.165, 1.54) is 0 Å². The van der Waals surface area contributed by atoms with Gasteiger partial charge in [-0.3, -0.25) is 19.2 Å². The van der Waals surface area contributed by atoms with Crippen LogP contribution in [0.3, 0.4) is 0 Å². The average molecular weight is 721 g/mol.